The number of hydrogen-bond donors (Lipinski definition) is 1. The lowest BCUT2D eigenvalue weighted by molar-refractivity contribution is -0.140. The van der Waals surface area contributed by atoms with Crippen LogP contribution in [0.5, 0.6) is 0 Å². The lowest BCUT2D eigenvalue weighted by atomic mass is 9.84. The molecule has 0 spiro atoms. The molecule has 32 heavy (non-hydrogen) atoms. The van der Waals surface area contributed by atoms with E-state index in [9.17, 15) is 9.59 Å². The van der Waals surface area contributed by atoms with E-state index in [0.29, 0.717) is 17.0 Å². The molecule has 7 heteroatoms. The van der Waals surface area contributed by atoms with Crippen LogP contribution in [0.15, 0.2) is 78.1 Å². The number of hydrogen-bond acceptors (Lipinski definition) is 6. The third-order valence-electron chi connectivity index (χ3n) is 4.89. The summed E-state index contributed by atoms with van der Waals surface area (Å²) in [6.07, 6.45) is 4.57. The highest BCUT2D eigenvalue weighted by Crippen LogP contribution is 2.36. The van der Waals surface area contributed by atoms with E-state index in [4.69, 9.17) is 26.3 Å². The van der Waals surface area contributed by atoms with Gasteiger partial charge in [-0.25, -0.2) is 9.59 Å². The number of rotatable bonds is 9. The van der Waals surface area contributed by atoms with Gasteiger partial charge in [-0.2, -0.15) is 5.26 Å². The highest BCUT2D eigenvalue weighted by Gasteiger charge is 2.34. The Bertz CT molecular complexity index is 1060. The Hall–Kier alpha value is -3.56. The molecule has 1 atom stereocenters. The average Bonchev–Trinajstić information content (AvgIpc) is 2.82. The predicted molar refractivity (Wildman–Crippen MR) is 120 cm³/mol. The van der Waals surface area contributed by atoms with Gasteiger partial charge in [0.1, 0.15) is 6.61 Å². The first-order valence-corrected chi connectivity index (χ1v) is 10.6. The second kappa shape index (κ2) is 11.7. The molecule has 0 bridgehead atoms. The summed E-state index contributed by atoms with van der Waals surface area (Å²) in [4.78, 5) is 25.6. The quantitative estimate of drug-likeness (QED) is 0.449. The second-order valence-corrected chi connectivity index (χ2v) is 7.56. The first-order valence-electron chi connectivity index (χ1n) is 10.3. The Morgan fingerprint density at radius 1 is 0.969 bits per heavy atom. The van der Waals surface area contributed by atoms with Crippen LogP contribution in [-0.4, -0.2) is 25.2 Å². The Morgan fingerprint density at radius 3 is 2.31 bits per heavy atom. The molecule has 0 saturated heterocycles. The molecule has 1 N–H and O–H groups in total. The molecule has 1 aliphatic heterocycles. The number of nitriles is 1. The maximum absolute atomic E-state index is 12.9. The van der Waals surface area contributed by atoms with Crippen LogP contribution < -0.4 is 5.32 Å². The van der Waals surface area contributed by atoms with Crippen molar-refractivity contribution < 1.29 is 19.1 Å². The minimum absolute atomic E-state index is 0.0298. The van der Waals surface area contributed by atoms with Crippen LogP contribution in [0.4, 0.5) is 0 Å². The molecule has 0 saturated carbocycles. The first kappa shape index (κ1) is 23.1. The number of carbonyl (C=O) groups excluding carboxylic acids is 2. The van der Waals surface area contributed by atoms with Crippen LogP contribution in [0.3, 0.4) is 0 Å². The van der Waals surface area contributed by atoms with Crippen LogP contribution in [0.2, 0.25) is 5.02 Å². The maximum atomic E-state index is 12.9. The van der Waals surface area contributed by atoms with Gasteiger partial charge in [-0.05, 0) is 36.1 Å². The molecule has 1 unspecified atom stereocenters. The first-order chi connectivity index (χ1) is 15.6. The topological polar surface area (TPSA) is 88.4 Å². The van der Waals surface area contributed by atoms with Gasteiger partial charge in [0, 0.05) is 17.4 Å². The van der Waals surface area contributed by atoms with Crippen molar-refractivity contribution in [2.45, 2.75) is 25.2 Å². The van der Waals surface area contributed by atoms with E-state index in [0.717, 1.165) is 6.42 Å². The van der Waals surface area contributed by atoms with E-state index in [1.165, 1.54) is 18.0 Å². The highest BCUT2D eigenvalue weighted by molar-refractivity contribution is 6.30. The van der Waals surface area contributed by atoms with Crippen LogP contribution in [0.25, 0.3) is 0 Å². The molecule has 0 amide bonds. The molecular formula is C25H23ClN2O4. The van der Waals surface area contributed by atoms with Gasteiger partial charge in [0.15, 0.2) is 0 Å². The summed E-state index contributed by atoms with van der Waals surface area (Å²) in [6, 6.07) is 18.8. The van der Waals surface area contributed by atoms with E-state index >= 15 is 0 Å². The molecule has 3 rings (SSSR count). The lowest BCUT2D eigenvalue weighted by Crippen LogP contribution is -2.27. The van der Waals surface area contributed by atoms with Gasteiger partial charge in [-0.3, -0.25) is 0 Å². The summed E-state index contributed by atoms with van der Waals surface area (Å²) < 4.78 is 10.7. The molecule has 0 radical (unpaired) electrons. The zero-order valence-electron chi connectivity index (χ0n) is 17.4. The fourth-order valence-electron chi connectivity index (χ4n) is 3.40. The number of aryl methyl sites for hydroxylation is 1. The number of nitrogens with one attached hydrogen (secondary N) is 1. The van der Waals surface area contributed by atoms with Crippen molar-refractivity contribution in [2.75, 3.05) is 13.2 Å². The summed E-state index contributed by atoms with van der Waals surface area (Å²) in [6.45, 7) is 0.219. The molecule has 2 aromatic carbocycles. The number of benzene rings is 2. The number of nitrogens with zero attached hydrogens (tertiary/aromatic N) is 1. The minimum Gasteiger partial charge on any atom is -0.462 e. The molecule has 164 valence electrons. The van der Waals surface area contributed by atoms with Crippen molar-refractivity contribution in [3.8, 4) is 6.07 Å². The van der Waals surface area contributed by atoms with Gasteiger partial charge in [0.25, 0.3) is 0 Å². The highest BCUT2D eigenvalue weighted by atomic mass is 35.5. The van der Waals surface area contributed by atoms with Crippen LogP contribution in [0.1, 0.15) is 29.9 Å². The Labute approximate surface area is 192 Å². The van der Waals surface area contributed by atoms with E-state index in [2.05, 4.69) is 5.32 Å². The summed E-state index contributed by atoms with van der Waals surface area (Å²) in [5, 5.41) is 12.0. The standard InChI is InChI=1S/C25H23ClN2O4/c26-20-11-4-10-19(15-20)23-21(16-28-17-22(23)25(30)32-14-6-12-27)24(29)31-13-5-9-18-7-2-1-3-8-18/h1-4,7-8,10-11,15-17,23,28H,5-6,9,13-14H2. The summed E-state index contributed by atoms with van der Waals surface area (Å²) >= 11 is 6.16. The van der Waals surface area contributed by atoms with E-state index in [-0.39, 0.29) is 30.8 Å². The van der Waals surface area contributed by atoms with Gasteiger partial charge in [-0.15, -0.1) is 0 Å². The van der Waals surface area contributed by atoms with Gasteiger partial charge in [0.2, 0.25) is 0 Å². The summed E-state index contributed by atoms with van der Waals surface area (Å²) in [5.74, 6) is -1.84. The van der Waals surface area contributed by atoms with E-state index in [1.54, 1.807) is 24.3 Å². The number of carbonyl (C=O) groups is 2. The van der Waals surface area contributed by atoms with Gasteiger partial charge < -0.3 is 14.8 Å². The van der Waals surface area contributed by atoms with Gasteiger partial charge in [0.05, 0.1) is 36.2 Å². The minimum atomic E-state index is -0.703. The zero-order chi connectivity index (χ0) is 22.8. The second-order valence-electron chi connectivity index (χ2n) is 7.12. The molecule has 6 nitrogen and oxygen atoms in total. The summed E-state index contributed by atoms with van der Waals surface area (Å²) in [5.41, 5.74) is 2.35. The molecule has 2 aromatic rings. The maximum Gasteiger partial charge on any atom is 0.336 e. The lowest BCUT2D eigenvalue weighted by Gasteiger charge is -2.25. The number of ether oxygens (including phenoxy) is 2. The number of dihydropyridines is 1. The number of esters is 2. The van der Waals surface area contributed by atoms with Crippen molar-refractivity contribution >= 4 is 23.5 Å². The predicted octanol–water partition coefficient (Wildman–Crippen LogP) is 4.43. The average molecular weight is 451 g/mol. The Balaban J connectivity index is 1.72. The van der Waals surface area contributed by atoms with Crippen molar-refractivity contribution in [1.29, 1.82) is 5.26 Å². The van der Waals surface area contributed by atoms with Crippen LogP contribution in [-0.2, 0) is 25.5 Å². The fourth-order valence-corrected chi connectivity index (χ4v) is 3.59. The SMILES string of the molecule is N#CCCOC(=O)C1=CNC=C(C(=O)OCCCc2ccccc2)C1c1cccc(Cl)c1. The van der Waals surface area contributed by atoms with Crippen LogP contribution in [0, 0.1) is 11.3 Å². The third-order valence-corrected chi connectivity index (χ3v) is 5.12. The van der Waals surface area contributed by atoms with E-state index < -0.39 is 17.9 Å². The van der Waals surface area contributed by atoms with Crippen LogP contribution >= 0.6 is 11.6 Å². The normalized spacial score (nSPS) is 14.9. The fraction of sp³-hybridized carbons (Fsp3) is 0.240. The smallest absolute Gasteiger partial charge is 0.336 e. The van der Waals surface area contributed by atoms with E-state index in [1.807, 2.05) is 36.4 Å². The molecule has 0 fully saturated rings. The van der Waals surface area contributed by atoms with Gasteiger partial charge in [-0.1, -0.05) is 54.1 Å². The molecule has 0 aromatic heterocycles. The zero-order valence-corrected chi connectivity index (χ0v) is 18.2. The largest absolute Gasteiger partial charge is 0.462 e. The monoisotopic (exact) mass is 450 g/mol. The Kier molecular flexibility index (Phi) is 8.47. The molecule has 0 aliphatic carbocycles. The molecule has 1 aliphatic rings. The van der Waals surface area contributed by atoms with Crippen molar-refractivity contribution in [3.63, 3.8) is 0 Å². The van der Waals surface area contributed by atoms with Crippen molar-refractivity contribution in [3.05, 3.63) is 94.3 Å². The Morgan fingerprint density at radius 2 is 1.66 bits per heavy atom. The molecule has 1 heterocycles. The summed E-state index contributed by atoms with van der Waals surface area (Å²) in [7, 11) is 0. The van der Waals surface area contributed by atoms with Crippen molar-refractivity contribution in [2.24, 2.45) is 0 Å². The van der Waals surface area contributed by atoms with Crippen molar-refractivity contribution in [1.82, 2.24) is 5.32 Å². The number of halogens is 1. The van der Waals surface area contributed by atoms with Gasteiger partial charge >= 0.3 is 11.9 Å². The molecular weight excluding hydrogens is 428 g/mol. The third kappa shape index (κ3) is 6.22.